The van der Waals surface area contributed by atoms with Crippen LogP contribution < -0.4 is 0 Å². The highest BCUT2D eigenvalue weighted by molar-refractivity contribution is 7.99. The first-order valence-electron chi connectivity index (χ1n) is 37.6. The van der Waals surface area contributed by atoms with Gasteiger partial charge in [0.15, 0.2) is 0 Å². The number of ketones is 2. The molecule has 0 aliphatic rings. The lowest BCUT2D eigenvalue weighted by atomic mass is 10.2. The monoisotopic (exact) mass is 1430 g/mol. The third-order valence-electron chi connectivity index (χ3n) is 9.91. The number of rotatable bonds is 43. The summed E-state index contributed by atoms with van der Waals surface area (Å²) in [6, 6.07) is 0. The number of ether oxygens (including phenoxy) is 9. The third-order valence-corrected chi connectivity index (χ3v) is 13.5. The molecule has 0 aliphatic heterocycles. The van der Waals surface area contributed by atoms with Crippen LogP contribution in [0.15, 0.2) is 0 Å². The Bertz CT molecular complexity index is 694. The van der Waals surface area contributed by atoms with E-state index in [2.05, 4.69) is 147 Å². The van der Waals surface area contributed by atoms with E-state index >= 15 is 0 Å². The lowest BCUT2D eigenvalue weighted by molar-refractivity contribution is -0.117. The summed E-state index contributed by atoms with van der Waals surface area (Å²) in [5.74, 6) is 8.48. The van der Waals surface area contributed by atoms with E-state index in [4.69, 9.17) is 33.2 Å². The average Bonchev–Trinajstić information content (AvgIpc) is 3.57. The number of carbonyl (C=O) groups excluding carboxylic acids is 2. The Hall–Kier alpha value is 0.380. The molecule has 0 bridgehead atoms. The fraction of sp³-hybridized carbons (Fsp3) is 0.974. The van der Waals surface area contributed by atoms with Gasteiger partial charge in [0.05, 0.1) is 0 Å². The van der Waals surface area contributed by atoms with Gasteiger partial charge in [-0.15, -0.1) is 0 Å². The molecule has 586 valence electrons. The summed E-state index contributed by atoms with van der Waals surface area (Å²) in [6.45, 7) is 59.5. The first kappa shape index (κ1) is 133. The Balaban J connectivity index is -0.0000000486. The molecule has 0 aromatic heterocycles. The molecule has 93 heavy (non-hydrogen) atoms. The quantitative estimate of drug-likeness (QED) is 0.0425. The van der Waals surface area contributed by atoms with E-state index in [9.17, 15) is 9.59 Å². The third kappa shape index (κ3) is 366. The molecule has 0 saturated carbocycles. The Kier molecular flexibility index (Phi) is 275. The van der Waals surface area contributed by atoms with Crippen LogP contribution in [-0.4, -0.2) is 174 Å². The van der Waals surface area contributed by atoms with E-state index < -0.39 is 0 Å². The summed E-state index contributed by atoms with van der Waals surface area (Å²) >= 11 is 7.87. The van der Waals surface area contributed by atoms with Crippen molar-refractivity contribution < 1.29 is 52.2 Å². The number of hydrogen-bond acceptors (Lipinski definition) is 15. The van der Waals surface area contributed by atoms with Crippen LogP contribution >= 0.6 is 47.0 Å². The molecular weight excluding hydrogens is 1240 g/mol. The summed E-state index contributed by atoms with van der Waals surface area (Å²) in [5, 5.41) is 0. The minimum atomic E-state index is 0.307. The highest BCUT2D eigenvalue weighted by Gasteiger charge is 1.88. The zero-order valence-electron chi connectivity index (χ0n) is 70.2. The second kappa shape index (κ2) is 192. The minimum absolute atomic E-state index is 0.307. The Morgan fingerprint density at radius 1 is 0.258 bits per heavy atom. The fourth-order valence-electron chi connectivity index (χ4n) is 4.74. The normalized spacial score (nSPS) is 8.82. The Morgan fingerprint density at radius 3 is 0.581 bits per heavy atom. The van der Waals surface area contributed by atoms with Crippen molar-refractivity contribution in [1.29, 1.82) is 0 Å². The van der Waals surface area contributed by atoms with E-state index in [-0.39, 0.29) is 0 Å². The lowest BCUT2D eigenvalue weighted by Crippen LogP contribution is -1.88. The van der Waals surface area contributed by atoms with E-state index in [1.54, 1.807) is 56.5 Å². The molecule has 0 saturated heterocycles. The second-order valence-electron chi connectivity index (χ2n) is 20.3. The van der Waals surface area contributed by atoms with Crippen LogP contribution in [0.4, 0.5) is 0 Å². The molecule has 0 fully saturated rings. The molecule has 11 nitrogen and oxygen atoms in total. The zero-order chi connectivity index (χ0) is 75.5. The summed E-state index contributed by atoms with van der Waals surface area (Å²) in [6.07, 6.45) is 37.2. The molecule has 0 heterocycles. The fourth-order valence-corrected chi connectivity index (χ4v) is 7.05. The smallest absolute Gasteiger partial charge is 0.145 e. The van der Waals surface area contributed by atoms with Crippen molar-refractivity contribution in [2.75, 3.05) is 163 Å². The van der Waals surface area contributed by atoms with Gasteiger partial charge in [0, 0.05) is 122 Å². The molecule has 0 aromatic rings. The van der Waals surface area contributed by atoms with Crippen LogP contribution in [0.1, 0.15) is 340 Å². The predicted molar refractivity (Wildman–Crippen MR) is 441 cm³/mol. The first-order chi connectivity index (χ1) is 44.8. The largest absolute Gasteiger partial charge is 0.385 e. The molecule has 0 aliphatic carbocycles. The van der Waals surface area contributed by atoms with Crippen LogP contribution in [0.3, 0.4) is 0 Å². The lowest BCUT2D eigenvalue weighted by Gasteiger charge is -1.91. The van der Waals surface area contributed by atoms with Crippen LogP contribution in [-0.2, 0) is 52.2 Å². The molecule has 0 N–H and O–H groups in total. The van der Waals surface area contributed by atoms with Crippen LogP contribution in [0, 0.1) is 0 Å². The van der Waals surface area contributed by atoms with Gasteiger partial charge in [-0.3, -0.25) is 0 Å². The topological polar surface area (TPSA) is 117 Å². The van der Waals surface area contributed by atoms with Crippen molar-refractivity contribution in [3.05, 3.63) is 0 Å². The van der Waals surface area contributed by atoms with Gasteiger partial charge in [-0.05, 0) is 166 Å². The van der Waals surface area contributed by atoms with Gasteiger partial charge < -0.3 is 52.2 Å². The second-order valence-corrected chi connectivity index (χ2v) is 25.1. The van der Waals surface area contributed by atoms with E-state index in [0.717, 1.165) is 130 Å². The molecule has 0 spiro atoms. The van der Waals surface area contributed by atoms with Gasteiger partial charge >= 0.3 is 0 Å². The molecule has 0 rings (SSSR count). The van der Waals surface area contributed by atoms with Gasteiger partial charge in [-0.25, -0.2) is 0 Å². The van der Waals surface area contributed by atoms with Gasteiger partial charge in [0.2, 0.25) is 0 Å². The Labute approximate surface area is 609 Å². The molecule has 0 aromatic carbocycles. The predicted octanol–water partition coefficient (Wildman–Crippen LogP) is 26.0. The number of hydrogen-bond donors (Lipinski definition) is 0. The number of unbranched alkanes of at least 4 members (excludes halogenated alkanes) is 11. The number of methoxy groups -OCH3 is 6. The minimum Gasteiger partial charge on any atom is -0.385 e. The number of carbonyl (C=O) groups is 2. The van der Waals surface area contributed by atoms with Gasteiger partial charge in [0.1, 0.15) is 18.4 Å². The summed E-state index contributed by atoms with van der Waals surface area (Å²) in [7, 11) is 10.1. The maximum atomic E-state index is 10.2. The average molecular weight is 1430 g/mol. The highest BCUT2D eigenvalue weighted by Crippen LogP contribution is 2.00. The molecule has 0 amide bonds. The van der Waals surface area contributed by atoms with Crippen LogP contribution in [0.5, 0.6) is 0 Å². The van der Waals surface area contributed by atoms with E-state index in [0.29, 0.717) is 18.4 Å². The number of Topliss-reactive ketones (excluding diaryl/α,β-unsaturated/α-hetero) is 2. The van der Waals surface area contributed by atoms with Crippen molar-refractivity contribution in [1.82, 2.24) is 0 Å². The van der Waals surface area contributed by atoms with Gasteiger partial charge in [-0.1, -0.05) is 208 Å². The van der Waals surface area contributed by atoms with E-state index in [1.807, 2.05) is 74.7 Å². The standard InChI is InChI=1S/2C6H12O.C6H14.4C5H12O.4C5H12S.C5H12.3C4H10O.C3H8O2/c2*1-3-4-5-6(2)7;1-3-5-6-4-2;2*1-3-4-5-6-2;2*1-3-5-6-4-2;2*1-3-4-5-6-2;2*1-3-5-6-4-2;1-3-5-4-2;2*1-3-4-5-2;1-3-5-4-2;1-4-3-5-2/h2*3-5H2,1-2H3;3-6H2,1-2H3;8*3-5H2,1-2H3;3-5H2,1-2H3;3*3-4H2,1-2H3;3H2,1-2H3. The van der Waals surface area contributed by atoms with Crippen molar-refractivity contribution >= 4 is 58.6 Å². The van der Waals surface area contributed by atoms with E-state index in [1.165, 1.54) is 144 Å². The molecule has 0 unspecified atom stereocenters. The SMILES string of the molecule is CCCCC.CCCCC(C)=O.CCCCC(C)=O.CCCCCC.CCCCOC.CCCCOC.CCCCSC.CCCCSC.CCCOC.CCCOC.CCCOCC.CCCOCC.CCCSCC.CCCSCC.CCOCC.COCOC. The molecular formula is C78H184O11S4. The maximum Gasteiger partial charge on any atom is 0.145 e. The zero-order valence-corrected chi connectivity index (χ0v) is 73.5. The molecule has 15 heteroatoms. The van der Waals surface area contributed by atoms with Gasteiger partial charge in [-0.2, -0.15) is 47.0 Å². The Morgan fingerprint density at radius 2 is 0.516 bits per heavy atom. The van der Waals surface area contributed by atoms with Crippen LogP contribution in [0.2, 0.25) is 0 Å². The number of thioether (sulfide) groups is 4. The van der Waals surface area contributed by atoms with Crippen LogP contribution in [0.25, 0.3) is 0 Å². The molecule has 0 radical (unpaired) electrons. The first-order valence-corrected chi connectivity index (χ1v) is 42.7. The summed E-state index contributed by atoms with van der Waals surface area (Å²) in [5.41, 5.74) is 0. The van der Waals surface area contributed by atoms with Crippen molar-refractivity contribution in [3.8, 4) is 0 Å². The highest BCUT2D eigenvalue weighted by atomic mass is 32.2. The van der Waals surface area contributed by atoms with Gasteiger partial charge in [0.25, 0.3) is 0 Å². The maximum absolute atomic E-state index is 10.2. The summed E-state index contributed by atoms with van der Waals surface area (Å²) < 4.78 is 42.7. The van der Waals surface area contributed by atoms with Crippen molar-refractivity contribution in [2.45, 2.75) is 340 Å². The summed E-state index contributed by atoms with van der Waals surface area (Å²) in [4.78, 5) is 20.4. The van der Waals surface area contributed by atoms with Crippen molar-refractivity contribution in [2.24, 2.45) is 0 Å². The van der Waals surface area contributed by atoms with Crippen molar-refractivity contribution in [3.63, 3.8) is 0 Å². The molecule has 0 atom stereocenters.